The van der Waals surface area contributed by atoms with E-state index in [-0.39, 0.29) is 5.76 Å². The molecule has 2 rings (SSSR count). The summed E-state index contributed by atoms with van der Waals surface area (Å²) in [6.07, 6.45) is 0. The summed E-state index contributed by atoms with van der Waals surface area (Å²) in [7, 11) is 1.54. The molecule has 0 spiro atoms. The molecule has 0 aliphatic carbocycles. The summed E-state index contributed by atoms with van der Waals surface area (Å²) < 4.78 is 9.90. The number of carbonyl (C=O) groups is 1. The van der Waals surface area contributed by atoms with E-state index >= 15 is 0 Å². The standard InChI is InChI=1S/C12H10ClNO4/c1-6-8(3-7(13)4-10(6)17-2)9-5-11(12(15)16)18-14-9/h3-5H,1-2H3,(H,15,16). The largest absolute Gasteiger partial charge is 0.496 e. The van der Waals surface area contributed by atoms with Crippen molar-refractivity contribution >= 4 is 17.6 Å². The number of hydrogen-bond donors (Lipinski definition) is 1. The van der Waals surface area contributed by atoms with E-state index in [1.165, 1.54) is 13.2 Å². The zero-order valence-electron chi connectivity index (χ0n) is 9.73. The molecule has 1 aromatic heterocycles. The molecule has 94 valence electrons. The van der Waals surface area contributed by atoms with Gasteiger partial charge in [-0.25, -0.2) is 4.79 Å². The van der Waals surface area contributed by atoms with E-state index in [1.807, 2.05) is 6.92 Å². The van der Waals surface area contributed by atoms with Gasteiger partial charge in [0.05, 0.1) is 7.11 Å². The number of methoxy groups -OCH3 is 1. The van der Waals surface area contributed by atoms with Crippen LogP contribution in [0.5, 0.6) is 5.75 Å². The van der Waals surface area contributed by atoms with Gasteiger partial charge in [0.2, 0.25) is 5.76 Å². The van der Waals surface area contributed by atoms with E-state index < -0.39 is 5.97 Å². The van der Waals surface area contributed by atoms with E-state index in [1.54, 1.807) is 12.1 Å². The van der Waals surface area contributed by atoms with Crippen molar-refractivity contribution in [3.05, 3.63) is 34.5 Å². The van der Waals surface area contributed by atoms with Gasteiger partial charge in [0.15, 0.2) is 0 Å². The summed E-state index contributed by atoms with van der Waals surface area (Å²) in [6.45, 7) is 1.83. The maximum atomic E-state index is 10.7. The molecule has 1 aromatic carbocycles. The lowest BCUT2D eigenvalue weighted by Gasteiger charge is -2.09. The second-order valence-electron chi connectivity index (χ2n) is 3.66. The smallest absolute Gasteiger partial charge is 0.374 e. The highest BCUT2D eigenvalue weighted by molar-refractivity contribution is 6.31. The SMILES string of the molecule is COc1cc(Cl)cc(-c2cc(C(=O)O)on2)c1C. The minimum absolute atomic E-state index is 0.219. The molecule has 6 heteroatoms. The Bertz CT molecular complexity index is 606. The van der Waals surface area contributed by atoms with E-state index in [0.29, 0.717) is 22.0 Å². The normalized spacial score (nSPS) is 10.4. The Morgan fingerprint density at radius 3 is 2.72 bits per heavy atom. The lowest BCUT2D eigenvalue weighted by atomic mass is 10.0. The Morgan fingerprint density at radius 2 is 2.17 bits per heavy atom. The third-order valence-corrected chi connectivity index (χ3v) is 2.76. The summed E-state index contributed by atoms with van der Waals surface area (Å²) in [5, 5.41) is 13.0. The van der Waals surface area contributed by atoms with Crippen molar-refractivity contribution in [2.24, 2.45) is 0 Å². The van der Waals surface area contributed by atoms with Gasteiger partial charge in [-0.15, -0.1) is 0 Å². The molecule has 0 amide bonds. The Hall–Kier alpha value is -2.01. The van der Waals surface area contributed by atoms with Crippen LogP contribution in [0.25, 0.3) is 11.3 Å². The van der Waals surface area contributed by atoms with E-state index in [4.69, 9.17) is 26.0 Å². The molecule has 0 aliphatic heterocycles. The van der Waals surface area contributed by atoms with Crippen LogP contribution < -0.4 is 4.74 Å². The molecule has 0 aliphatic rings. The number of aromatic nitrogens is 1. The number of halogens is 1. The number of aromatic carboxylic acids is 1. The van der Waals surface area contributed by atoms with Crippen LogP contribution in [0.1, 0.15) is 16.1 Å². The number of hydrogen-bond acceptors (Lipinski definition) is 4. The fraction of sp³-hybridized carbons (Fsp3) is 0.167. The second-order valence-corrected chi connectivity index (χ2v) is 4.10. The fourth-order valence-corrected chi connectivity index (χ4v) is 1.84. The van der Waals surface area contributed by atoms with E-state index in [9.17, 15) is 4.79 Å². The topological polar surface area (TPSA) is 72.6 Å². The highest BCUT2D eigenvalue weighted by atomic mass is 35.5. The van der Waals surface area contributed by atoms with Gasteiger partial charge < -0.3 is 14.4 Å². The highest BCUT2D eigenvalue weighted by Crippen LogP contribution is 2.33. The van der Waals surface area contributed by atoms with Crippen LogP contribution in [-0.2, 0) is 0 Å². The predicted octanol–water partition coefficient (Wildman–Crippen LogP) is 3.01. The maximum absolute atomic E-state index is 10.7. The lowest BCUT2D eigenvalue weighted by molar-refractivity contribution is 0.0652. The van der Waals surface area contributed by atoms with Crippen molar-refractivity contribution in [1.29, 1.82) is 0 Å². The summed E-state index contributed by atoms with van der Waals surface area (Å²) in [5.74, 6) is -0.777. The number of carboxylic acids is 1. The minimum Gasteiger partial charge on any atom is -0.496 e. The molecular weight excluding hydrogens is 258 g/mol. The summed E-state index contributed by atoms with van der Waals surface area (Å²) in [6, 6.07) is 4.71. The van der Waals surface area contributed by atoms with Crippen LogP contribution in [0.4, 0.5) is 0 Å². The first-order valence-electron chi connectivity index (χ1n) is 5.07. The average Bonchev–Trinajstić information content (AvgIpc) is 2.81. The minimum atomic E-state index is -1.17. The molecule has 1 N–H and O–H groups in total. The van der Waals surface area contributed by atoms with Gasteiger partial charge in [0, 0.05) is 22.2 Å². The Kier molecular flexibility index (Phi) is 3.25. The maximum Gasteiger partial charge on any atom is 0.374 e. The van der Waals surface area contributed by atoms with Crippen molar-refractivity contribution in [1.82, 2.24) is 5.16 Å². The van der Waals surface area contributed by atoms with Crippen LogP contribution in [0.15, 0.2) is 22.7 Å². The van der Waals surface area contributed by atoms with Gasteiger partial charge >= 0.3 is 5.97 Å². The second kappa shape index (κ2) is 4.70. The van der Waals surface area contributed by atoms with Crippen LogP contribution >= 0.6 is 11.6 Å². The molecule has 0 bridgehead atoms. The number of ether oxygens (including phenoxy) is 1. The van der Waals surface area contributed by atoms with Crippen molar-refractivity contribution in [3.8, 4) is 17.0 Å². The molecular formula is C12H10ClNO4. The molecule has 0 saturated carbocycles. The van der Waals surface area contributed by atoms with E-state index in [2.05, 4.69) is 5.16 Å². The molecule has 0 saturated heterocycles. The monoisotopic (exact) mass is 267 g/mol. The first-order valence-corrected chi connectivity index (χ1v) is 5.45. The molecule has 5 nitrogen and oxygen atoms in total. The summed E-state index contributed by atoms with van der Waals surface area (Å²) in [5.41, 5.74) is 1.90. The average molecular weight is 268 g/mol. The molecule has 0 unspecified atom stereocenters. The van der Waals surface area contributed by atoms with Crippen molar-refractivity contribution < 1.29 is 19.2 Å². The predicted molar refractivity (Wildman–Crippen MR) is 65.2 cm³/mol. The van der Waals surface area contributed by atoms with Gasteiger partial charge in [-0.2, -0.15) is 0 Å². The molecule has 1 heterocycles. The zero-order chi connectivity index (χ0) is 13.3. The fourth-order valence-electron chi connectivity index (χ4n) is 1.64. The zero-order valence-corrected chi connectivity index (χ0v) is 10.5. The molecule has 18 heavy (non-hydrogen) atoms. The number of benzene rings is 1. The third-order valence-electron chi connectivity index (χ3n) is 2.54. The first kappa shape index (κ1) is 12.4. The van der Waals surface area contributed by atoms with Crippen molar-refractivity contribution in [3.63, 3.8) is 0 Å². The summed E-state index contributed by atoms with van der Waals surface area (Å²) in [4.78, 5) is 10.7. The number of rotatable bonds is 3. The van der Waals surface area contributed by atoms with E-state index in [0.717, 1.165) is 5.56 Å². The summed E-state index contributed by atoms with van der Waals surface area (Å²) >= 11 is 5.97. The quantitative estimate of drug-likeness (QED) is 0.925. The third kappa shape index (κ3) is 2.17. The molecule has 0 fully saturated rings. The van der Waals surface area contributed by atoms with Gasteiger partial charge in [-0.05, 0) is 19.1 Å². The van der Waals surface area contributed by atoms with Crippen LogP contribution in [0.2, 0.25) is 5.02 Å². The van der Waals surface area contributed by atoms with Crippen molar-refractivity contribution in [2.75, 3.05) is 7.11 Å². The van der Waals surface area contributed by atoms with Crippen molar-refractivity contribution in [2.45, 2.75) is 6.92 Å². The molecule has 2 aromatic rings. The Labute approximate surface area is 108 Å². The molecule has 0 atom stereocenters. The Morgan fingerprint density at radius 1 is 1.44 bits per heavy atom. The van der Waals surface area contributed by atoms with Gasteiger partial charge in [-0.1, -0.05) is 16.8 Å². The Balaban J connectivity index is 2.55. The number of carboxylic acid groups (broad SMARTS) is 1. The first-order chi connectivity index (χ1) is 8.52. The van der Waals surface area contributed by atoms with Gasteiger partial charge in [-0.3, -0.25) is 0 Å². The highest BCUT2D eigenvalue weighted by Gasteiger charge is 2.16. The van der Waals surface area contributed by atoms with Crippen LogP contribution in [0, 0.1) is 6.92 Å². The lowest BCUT2D eigenvalue weighted by Crippen LogP contribution is -1.92. The van der Waals surface area contributed by atoms with Crippen LogP contribution in [-0.4, -0.2) is 23.3 Å². The van der Waals surface area contributed by atoms with Gasteiger partial charge in [0.25, 0.3) is 0 Å². The number of nitrogens with zero attached hydrogens (tertiary/aromatic N) is 1. The molecule has 0 radical (unpaired) electrons. The van der Waals surface area contributed by atoms with Crippen LogP contribution in [0.3, 0.4) is 0 Å². The van der Waals surface area contributed by atoms with Gasteiger partial charge in [0.1, 0.15) is 11.4 Å².